The van der Waals surface area contributed by atoms with E-state index in [0.717, 1.165) is 0 Å². The highest BCUT2D eigenvalue weighted by atomic mass is 16.5. The molecular formula is C16H20N2O4. The normalized spacial score (nSPS) is 14.3. The Hall–Kier alpha value is -2.39. The van der Waals surface area contributed by atoms with Crippen molar-refractivity contribution < 1.29 is 19.1 Å². The summed E-state index contributed by atoms with van der Waals surface area (Å²) in [5, 5.41) is 11.4. The molecule has 0 radical (unpaired) electrons. The number of esters is 1. The third-order valence-corrected chi connectivity index (χ3v) is 3.31. The van der Waals surface area contributed by atoms with E-state index in [2.05, 4.69) is 5.32 Å². The van der Waals surface area contributed by atoms with E-state index >= 15 is 0 Å². The van der Waals surface area contributed by atoms with Crippen LogP contribution in [0.15, 0.2) is 30.3 Å². The largest absolute Gasteiger partial charge is 0.467 e. The molecule has 118 valence electrons. The second-order valence-corrected chi connectivity index (χ2v) is 4.88. The van der Waals surface area contributed by atoms with Crippen molar-refractivity contribution in [2.75, 3.05) is 14.2 Å². The molecule has 3 atom stereocenters. The van der Waals surface area contributed by atoms with Crippen molar-refractivity contribution in [1.29, 1.82) is 5.26 Å². The maximum Gasteiger partial charge on any atom is 0.328 e. The van der Waals surface area contributed by atoms with Gasteiger partial charge in [0.15, 0.2) is 6.10 Å². The third-order valence-electron chi connectivity index (χ3n) is 3.31. The number of hydrogen-bond acceptors (Lipinski definition) is 5. The summed E-state index contributed by atoms with van der Waals surface area (Å²) < 4.78 is 9.92. The first-order chi connectivity index (χ1) is 10.5. The van der Waals surface area contributed by atoms with Crippen LogP contribution < -0.4 is 5.32 Å². The molecule has 0 saturated carbocycles. The Morgan fingerprint density at radius 2 is 1.91 bits per heavy atom. The van der Waals surface area contributed by atoms with Crippen LogP contribution in [-0.4, -0.2) is 32.1 Å². The summed E-state index contributed by atoms with van der Waals surface area (Å²) in [7, 11) is 2.66. The van der Waals surface area contributed by atoms with Crippen LogP contribution in [0, 0.1) is 17.2 Å². The van der Waals surface area contributed by atoms with Crippen LogP contribution in [0.4, 0.5) is 0 Å². The summed E-state index contributed by atoms with van der Waals surface area (Å²) in [6.07, 6.45) is -0.703. The molecule has 1 N–H and O–H groups in total. The molecule has 6 heteroatoms. The lowest BCUT2D eigenvalue weighted by Crippen LogP contribution is -2.47. The number of methoxy groups -OCH3 is 2. The van der Waals surface area contributed by atoms with Crippen molar-refractivity contribution >= 4 is 11.9 Å². The monoisotopic (exact) mass is 304 g/mol. The van der Waals surface area contributed by atoms with E-state index in [4.69, 9.17) is 14.7 Å². The average molecular weight is 304 g/mol. The van der Waals surface area contributed by atoms with Crippen molar-refractivity contribution in [3.63, 3.8) is 0 Å². The Kier molecular flexibility index (Phi) is 7.06. The summed E-state index contributed by atoms with van der Waals surface area (Å²) in [5.41, 5.74) is 0.680. The maximum absolute atomic E-state index is 12.4. The molecule has 6 nitrogen and oxygen atoms in total. The Bertz CT molecular complexity index is 539. The van der Waals surface area contributed by atoms with Gasteiger partial charge in [0.2, 0.25) is 0 Å². The highest BCUT2D eigenvalue weighted by molar-refractivity contribution is 5.87. The first kappa shape index (κ1) is 17.7. The number of benzene rings is 1. The maximum atomic E-state index is 12.4. The summed E-state index contributed by atoms with van der Waals surface area (Å²) in [4.78, 5) is 24.2. The highest BCUT2D eigenvalue weighted by Gasteiger charge is 2.31. The molecule has 0 heterocycles. The lowest BCUT2D eigenvalue weighted by molar-refractivity contribution is -0.148. The molecular weight excluding hydrogens is 284 g/mol. The molecule has 0 aliphatic rings. The van der Waals surface area contributed by atoms with Gasteiger partial charge in [-0.3, -0.25) is 4.79 Å². The minimum Gasteiger partial charge on any atom is -0.467 e. The second kappa shape index (κ2) is 8.80. The van der Waals surface area contributed by atoms with Gasteiger partial charge in [0.25, 0.3) is 5.91 Å². The Morgan fingerprint density at radius 3 is 2.41 bits per heavy atom. The van der Waals surface area contributed by atoms with Gasteiger partial charge in [0.05, 0.1) is 13.2 Å². The fourth-order valence-electron chi connectivity index (χ4n) is 2.07. The van der Waals surface area contributed by atoms with Crippen molar-refractivity contribution in [2.24, 2.45) is 5.92 Å². The SMILES string of the molecule is COC(=O)[C@@H](NC(=O)[C@@H](OC)c1ccccc1)[C@@H](C)CC#N. The quantitative estimate of drug-likeness (QED) is 0.773. The van der Waals surface area contributed by atoms with Crippen LogP contribution in [0.5, 0.6) is 0 Å². The molecule has 0 spiro atoms. The van der Waals surface area contributed by atoms with E-state index in [1.807, 2.05) is 12.1 Å². The van der Waals surface area contributed by atoms with Crippen molar-refractivity contribution in [1.82, 2.24) is 5.32 Å². The van der Waals surface area contributed by atoms with Gasteiger partial charge in [-0.25, -0.2) is 4.79 Å². The topological polar surface area (TPSA) is 88.4 Å². The zero-order chi connectivity index (χ0) is 16.5. The number of hydrogen-bond donors (Lipinski definition) is 1. The Morgan fingerprint density at radius 1 is 1.27 bits per heavy atom. The zero-order valence-electron chi connectivity index (χ0n) is 12.9. The number of ether oxygens (including phenoxy) is 2. The van der Waals surface area contributed by atoms with Crippen molar-refractivity contribution in [3.8, 4) is 6.07 Å². The Balaban J connectivity index is 2.89. The highest BCUT2D eigenvalue weighted by Crippen LogP contribution is 2.18. The standard InChI is InChI=1S/C16H20N2O4/c1-11(9-10-17)13(16(20)22-3)18-15(19)14(21-2)12-7-5-4-6-8-12/h4-8,11,13-14H,9H2,1-3H3,(H,18,19)/t11-,13-,14-/m0/s1. The van der Waals surface area contributed by atoms with Crippen LogP contribution in [0.1, 0.15) is 25.0 Å². The fraction of sp³-hybridized carbons (Fsp3) is 0.438. The van der Waals surface area contributed by atoms with E-state index < -0.39 is 24.0 Å². The number of nitrogens with zero attached hydrogens (tertiary/aromatic N) is 1. The van der Waals surface area contributed by atoms with Crippen molar-refractivity contribution in [3.05, 3.63) is 35.9 Å². The number of carbonyl (C=O) groups is 2. The summed E-state index contributed by atoms with van der Waals surface area (Å²) >= 11 is 0. The fourth-order valence-corrected chi connectivity index (χ4v) is 2.07. The molecule has 1 rings (SSSR count). The smallest absolute Gasteiger partial charge is 0.328 e. The number of rotatable bonds is 7. The second-order valence-electron chi connectivity index (χ2n) is 4.88. The van der Waals surface area contributed by atoms with Gasteiger partial charge in [0, 0.05) is 19.4 Å². The molecule has 1 aromatic rings. The molecule has 0 aromatic heterocycles. The van der Waals surface area contributed by atoms with Crippen LogP contribution in [0.2, 0.25) is 0 Å². The molecule has 0 saturated heterocycles. The lowest BCUT2D eigenvalue weighted by Gasteiger charge is -2.24. The lowest BCUT2D eigenvalue weighted by atomic mass is 9.98. The average Bonchev–Trinajstić information content (AvgIpc) is 2.53. The minimum absolute atomic E-state index is 0.128. The van der Waals surface area contributed by atoms with Gasteiger partial charge in [-0.2, -0.15) is 5.26 Å². The third kappa shape index (κ3) is 4.57. The van der Waals surface area contributed by atoms with Crippen LogP contribution >= 0.6 is 0 Å². The molecule has 1 aromatic carbocycles. The molecule has 0 aliphatic carbocycles. The van der Waals surface area contributed by atoms with Gasteiger partial charge >= 0.3 is 5.97 Å². The summed E-state index contributed by atoms with van der Waals surface area (Å²) in [6, 6.07) is 10.0. The molecule has 0 fully saturated rings. The van der Waals surface area contributed by atoms with Crippen LogP contribution in [-0.2, 0) is 19.1 Å². The van der Waals surface area contributed by atoms with Crippen LogP contribution in [0.3, 0.4) is 0 Å². The van der Waals surface area contributed by atoms with Crippen molar-refractivity contribution in [2.45, 2.75) is 25.5 Å². The van der Waals surface area contributed by atoms with Gasteiger partial charge in [-0.15, -0.1) is 0 Å². The molecule has 22 heavy (non-hydrogen) atoms. The predicted molar refractivity (Wildman–Crippen MR) is 79.5 cm³/mol. The van der Waals surface area contributed by atoms with Gasteiger partial charge in [-0.1, -0.05) is 37.3 Å². The minimum atomic E-state index is -0.890. The first-order valence-corrected chi connectivity index (χ1v) is 6.88. The van der Waals surface area contributed by atoms with E-state index in [9.17, 15) is 9.59 Å². The van der Waals surface area contributed by atoms with Gasteiger partial charge in [0.1, 0.15) is 6.04 Å². The molecule has 0 bridgehead atoms. The molecule has 1 amide bonds. The predicted octanol–water partition coefficient (Wildman–Crippen LogP) is 1.58. The first-order valence-electron chi connectivity index (χ1n) is 6.88. The summed E-state index contributed by atoms with van der Waals surface area (Å²) in [5.74, 6) is -1.40. The molecule has 0 unspecified atom stereocenters. The van der Waals surface area contributed by atoms with E-state index in [-0.39, 0.29) is 12.3 Å². The Labute approximate surface area is 130 Å². The number of carbonyl (C=O) groups excluding carboxylic acids is 2. The molecule has 0 aliphatic heterocycles. The summed E-state index contributed by atoms with van der Waals surface area (Å²) in [6.45, 7) is 1.70. The van der Waals surface area contributed by atoms with E-state index in [1.165, 1.54) is 14.2 Å². The van der Waals surface area contributed by atoms with Crippen LogP contribution in [0.25, 0.3) is 0 Å². The van der Waals surface area contributed by atoms with E-state index in [0.29, 0.717) is 5.56 Å². The zero-order valence-corrected chi connectivity index (χ0v) is 12.9. The van der Waals surface area contributed by atoms with Gasteiger partial charge < -0.3 is 14.8 Å². The number of nitrogens with one attached hydrogen (secondary N) is 1. The van der Waals surface area contributed by atoms with E-state index in [1.54, 1.807) is 31.2 Å². The van der Waals surface area contributed by atoms with Gasteiger partial charge in [-0.05, 0) is 5.56 Å². The number of amides is 1. The number of nitriles is 1.